The Hall–Kier alpha value is -1.04. The number of hydrogen-bond donors (Lipinski definition) is 0. The van der Waals surface area contributed by atoms with Crippen LogP contribution in [0.3, 0.4) is 0 Å². The van der Waals surface area contributed by atoms with Crippen LogP contribution in [0.1, 0.15) is 51.4 Å². The Balaban J connectivity index is 1.73. The van der Waals surface area contributed by atoms with Gasteiger partial charge in [0.05, 0.1) is 6.07 Å². The van der Waals surface area contributed by atoms with Gasteiger partial charge in [-0.3, -0.25) is 4.79 Å². The molecule has 1 amide bonds. The highest BCUT2D eigenvalue weighted by atomic mass is 16.2. The van der Waals surface area contributed by atoms with Crippen LogP contribution in [0.5, 0.6) is 0 Å². The highest BCUT2D eigenvalue weighted by Crippen LogP contribution is 2.48. The Morgan fingerprint density at radius 3 is 2.47 bits per heavy atom. The first kappa shape index (κ1) is 11.1. The summed E-state index contributed by atoms with van der Waals surface area (Å²) in [7, 11) is 0. The van der Waals surface area contributed by atoms with Crippen molar-refractivity contribution in [1.82, 2.24) is 4.90 Å². The van der Waals surface area contributed by atoms with E-state index in [1.807, 2.05) is 0 Å². The lowest BCUT2D eigenvalue weighted by Gasteiger charge is -2.30. The van der Waals surface area contributed by atoms with E-state index >= 15 is 0 Å². The molecule has 0 aromatic rings. The highest BCUT2D eigenvalue weighted by Gasteiger charge is 2.54. The lowest BCUT2D eigenvalue weighted by Crippen LogP contribution is -2.43. The topological polar surface area (TPSA) is 44.1 Å². The van der Waals surface area contributed by atoms with E-state index < -0.39 is 5.41 Å². The average Bonchev–Trinajstić information content (AvgIpc) is 2.81. The summed E-state index contributed by atoms with van der Waals surface area (Å²) in [6.45, 7) is 0.892. The van der Waals surface area contributed by atoms with Crippen LogP contribution in [-0.2, 0) is 4.79 Å². The van der Waals surface area contributed by atoms with Crippen molar-refractivity contribution < 1.29 is 4.79 Å². The maximum atomic E-state index is 12.4. The van der Waals surface area contributed by atoms with Gasteiger partial charge in [-0.05, 0) is 44.4 Å². The zero-order valence-corrected chi connectivity index (χ0v) is 10.3. The fourth-order valence-corrected chi connectivity index (χ4v) is 3.65. The van der Waals surface area contributed by atoms with Gasteiger partial charge in [0, 0.05) is 12.6 Å². The van der Waals surface area contributed by atoms with Gasteiger partial charge in [-0.15, -0.1) is 0 Å². The second kappa shape index (κ2) is 4.01. The summed E-state index contributed by atoms with van der Waals surface area (Å²) >= 11 is 0. The Kier molecular flexibility index (Phi) is 2.61. The molecule has 3 heteroatoms. The molecule has 17 heavy (non-hydrogen) atoms. The molecule has 1 unspecified atom stereocenters. The minimum atomic E-state index is -0.610. The fourth-order valence-electron chi connectivity index (χ4n) is 3.65. The lowest BCUT2D eigenvalue weighted by molar-refractivity contribution is -0.136. The van der Waals surface area contributed by atoms with Crippen LogP contribution in [0.15, 0.2) is 0 Å². The van der Waals surface area contributed by atoms with Crippen molar-refractivity contribution in [1.29, 1.82) is 5.26 Å². The molecule has 2 aliphatic carbocycles. The van der Waals surface area contributed by atoms with E-state index in [0.29, 0.717) is 6.04 Å². The van der Waals surface area contributed by atoms with Crippen LogP contribution < -0.4 is 0 Å². The van der Waals surface area contributed by atoms with Gasteiger partial charge >= 0.3 is 0 Å². The molecule has 92 valence electrons. The molecule has 3 rings (SSSR count). The number of carbonyl (C=O) groups is 1. The van der Waals surface area contributed by atoms with E-state index in [9.17, 15) is 4.79 Å². The van der Waals surface area contributed by atoms with Gasteiger partial charge in [-0.25, -0.2) is 0 Å². The number of carbonyl (C=O) groups excluding carboxylic acids is 1. The van der Waals surface area contributed by atoms with Crippen molar-refractivity contribution >= 4 is 5.91 Å². The lowest BCUT2D eigenvalue weighted by atomic mass is 9.95. The maximum absolute atomic E-state index is 12.4. The summed E-state index contributed by atoms with van der Waals surface area (Å²) in [6.07, 6.45) is 9.10. The molecule has 0 aromatic heterocycles. The van der Waals surface area contributed by atoms with Crippen LogP contribution in [0, 0.1) is 22.7 Å². The average molecular weight is 232 g/mol. The number of nitriles is 1. The largest absolute Gasteiger partial charge is 0.338 e. The number of amides is 1. The van der Waals surface area contributed by atoms with Crippen LogP contribution in [0.2, 0.25) is 0 Å². The van der Waals surface area contributed by atoms with Crippen LogP contribution in [0.4, 0.5) is 0 Å². The van der Waals surface area contributed by atoms with Gasteiger partial charge in [0.1, 0.15) is 5.41 Å². The Morgan fingerprint density at radius 2 is 1.88 bits per heavy atom. The van der Waals surface area contributed by atoms with Crippen molar-refractivity contribution in [2.75, 3.05) is 6.54 Å². The van der Waals surface area contributed by atoms with Crippen LogP contribution in [-0.4, -0.2) is 23.4 Å². The molecule has 2 saturated carbocycles. The third kappa shape index (κ3) is 1.74. The standard InChI is InChI=1S/C14H20N2O/c15-10-14(7-8-14)13(17)16-9-3-6-12(16)11-4-1-2-5-11/h11-12H,1-9H2. The summed E-state index contributed by atoms with van der Waals surface area (Å²) in [5.41, 5.74) is -0.610. The van der Waals surface area contributed by atoms with E-state index in [2.05, 4.69) is 11.0 Å². The van der Waals surface area contributed by atoms with Crippen molar-refractivity contribution in [3.8, 4) is 6.07 Å². The Labute approximate surface area is 103 Å². The fraction of sp³-hybridized carbons (Fsp3) is 0.857. The quantitative estimate of drug-likeness (QED) is 0.734. The molecular formula is C14H20N2O. The predicted molar refractivity (Wildman–Crippen MR) is 64.0 cm³/mol. The molecule has 3 aliphatic rings. The smallest absolute Gasteiger partial charge is 0.243 e. The Morgan fingerprint density at radius 1 is 1.18 bits per heavy atom. The number of likely N-dealkylation sites (tertiary alicyclic amines) is 1. The normalized spacial score (nSPS) is 31.5. The molecule has 1 atom stereocenters. The third-order valence-corrected chi connectivity index (χ3v) is 4.88. The van der Waals surface area contributed by atoms with Gasteiger partial charge in [0.15, 0.2) is 0 Å². The summed E-state index contributed by atoms with van der Waals surface area (Å²) in [5.74, 6) is 0.866. The number of nitrogens with zero attached hydrogens (tertiary/aromatic N) is 2. The minimum Gasteiger partial charge on any atom is -0.338 e. The van der Waals surface area contributed by atoms with E-state index in [0.717, 1.165) is 38.1 Å². The molecule has 0 radical (unpaired) electrons. The van der Waals surface area contributed by atoms with E-state index in [1.165, 1.54) is 25.7 Å². The molecule has 3 fully saturated rings. The van der Waals surface area contributed by atoms with Gasteiger partial charge < -0.3 is 4.90 Å². The van der Waals surface area contributed by atoms with Crippen LogP contribution >= 0.6 is 0 Å². The predicted octanol–water partition coefficient (Wildman–Crippen LogP) is 2.47. The monoisotopic (exact) mass is 232 g/mol. The second-order valence-electron chi connectivity index (χ2n) is 5.95. The molecule has 0 spiro atoms. The van der Waals surface area contributed by atoms with E-state index in [1.54, 1.807) is 0 Å². The van der Waals surface area contributed by atoms with Gasteiger partial charge in [-0.2, -0.15) is 5.26 Å². The number of rotatable bonds is 2. The molecule has 0 N–H and O–H groups in total. The minimum absolute atomic E-state index is 0.148. The zero-order chi connectivity index (χ0) is 11.9. The second-order valence-corrected chi connectivity index (χ2v) is 5.95. The summed E-state index contributed by atoms with van der Waals surface area (Å²) in [6, 6.07) is 2.70. The molecule has 1 saturated heterocycles. The Bertz CT molecular complexity index is 361. The summed E-state index contributed by atoms with van der Waals surface area (Å²) < 4.78 is 0. The van der Waals surface area contributed by atoms with Crippen molar-refractivity contribution in [2.24, 2.45) is 11.3 Å². The molecular weight excluding hydrogens is 212 g/mol. The first-order valence-electron chi connectivity index (χ1n) is 6.99. The van der Waals surface area contributed by atoms with E-state index in [-0.39, 0.29) is 5.91 Å². The zero-order valence-electron chi connectivity index (χ0n) is 10.3. The molecule has 1 heterocycles. The first-order chi connectivity index (χ1) is 8.27. The number of hydrogen-bond acceptors (Lipinski definition) is 2. The van der Waals surface area contributed by atoms with Crippen LogP contribution in [0.25, 0.3) is 0 Å². The van der Waals surface area contributed by atoms with Gasteiger partial charge in [0.2, 0.25) is 5.91 Å². The maximum Gasteiger partial charge on any atom is 0.243 e. The van der Waals surface area contributed by atoms with Crippen molar-refractivity contribution in [2.45, 2.75) is 57.4 Å². The summed E-state index contributed by atoms with van der Waals surface area (Å²) in [4.78, 5) is 14.5. The molecule has 0 aromatic carbocycles. The van der Waals surface area contributed by atoms with Crippen molar-refractivity contribution in [3.63, 3.8) is 0 Å². The molecule has 3 nitrogen and oxygen atoms in total. The first-order valence-corrected chi connectivity index (χ1v) is 6.99. The van der Waals surface area contributed by atoms with Gasteiger partial charge in [-0.1, -0.05) is 12.8 Å². The molecule has 1 aliphatic heterocycles. The summed E-state index contributed by atoms with van der Waals surface area (Å²) in [5, 5.41) is 9.14. The van der Waals surface area contributed by atoms with Crippen molar-refractivity contribution in [3.05, 3.63) is 0 Å². The molecule has 0 bridgehead atoms. The highest BCUT2D eigenvalue weighted by molar-refractivity contribution is 5.88. The van der Waals surface area contributed by atoms with Gasteiger partial charge in [0.25, 0.3) is 0 Å². The van der Waals surface area contributed by atoms with E-state index in [4.69, 9.17) is 5.26 Å². The third-order valence-electron chi connectivity index (χ3n) is 4.88. The SMILES string of the molecule is N#CC1(C(=O)N2CCCC2C2CCCC2)CC1.